The minimum atomic E-state index is -0.572. The summed E-state index contributed by atoms with van der Waals surface area (Å²) in [6.07, 6.45) is 2.32. The molecule has 0 aliphatic heterocycles. The van der Waals surface area contributed by atoms with Crippen molar-refractivity contribution in [3.8, 4) is 0 Å². The molecule has 8 heteroatoms. The summed E-state index contributed by atoms with van der Waals surface area (Å²) >= 11 is 0. The molecular weight excluding hydrogens is 399 g/mol. The van der Waals surface area contributed by atoms with E-state index in [1.165, 1.54) is 24.3 Å². The Balaban J connectivity index is 1.48. The number of carbonyl (C=O) groups is 2. The molecule has 1 aliphatic carbocycles. The van der Waals surface area contributed by atoms with E-state index in [9.17, 15) is 14.0 Å². The predicted molar refractivity (Wildman–Crippen MR) is 114 cm³/mol. The van der Waals surface area contributed by atoms with Crippen LogP contribution in [0.2, 0.25) is 0 Å². The lowest BCUT2D eigenvalue weighted by atomic mass is 9.93. The van der Waals surface area contributed by atoms with Crippen LogP contribution in [0.15, 0.2) is 64.1 Å². The van der Waals surface area contributed by atoms with Crippen LogP contribution in [0.25, 0.3) is 0 Å². The Morgan fingerprint density at radius 1 is 0.968 bits per heavy atom. The summed E-state index contributed by atoms with van der Waals surface area (Å²) in [4.78, 5) is 24.8. The van der Waals surface area contributed by atoms with E-state index in [-0.39, 0.29) is 11.3 Å². The van der Waals surface area contributed by atoms with Crippen molar-refractivity contribution in [2.24, 2.45) is 5.10 Å². The van der Waals surface area contributed by atoms with Crippen molar-refractivity contribution in [1.82, 2.24) is 10.9 Å². The van der Waals surface area contributed by atoms with E-state index in [0.717, 1.165) is 29.8 Å². The number of para-hydroxylation sites is 1. The Hall–Kier alpha value is -3.94. The number of halogens is 1. The van der Waals surface area contributed by atoms with Gasteiger partial charge in [0.25, 0.3) is 5.91 Å². The highest BCUT2D eigenvalue weighted by molar-refractivity contribution is 6.07. The number of anilines is 1. The zero-order chi connectivity index (χ0) is 21.8. The molecule has 3 aromatic rings. The number of carbonyl (C=O) groups excluding carboxylic acids is 2. The van der Waals surface area contributed by atoms with E-state index in [1.807, 2.05) is 30.3 Å². The third-order valence-electron chi connectivity index (χ3n) is 5.02. The molecule has 3 N–H and O–H groups in total. The molecule has 2 amide bonds. The highest BCUT2D eigenvalue weighted by Crippen LogP contribution is 2.30. The summed E-state index contributed by atoms with van der Waals surface area (Å²) in [6, 6.07) is 14.6. The van der Waals surface area contributed by atoms with E-state index in [0.29, 0.717) is 17.7 Å². The summed E-state index contributed by atoms with van der Waals surface area (Å²) in [5.74, 6) is -0.753. The number of hydrazone groups is 1. The maximum atomic E-state index is 13.0. The maximum absolute atomic E-state index is 13.0. The van der Waals surface area contributed by atoms with Crippen LogP contribution in [0.5, 0.6) is 0 Å². The number of benzene rings is 2. The Kier molecular flexibility index (Phi) is 5.79. The van der Waals surface area contributed by atoms with Crippen LogP contribution in [0.1, 0.15) is 50.6 Å². The van der Waals surface area contributed by atoms with Crippen molar-refractivity contribution in [3.05, 3.63) is 88.6 Å². The molecule has 0 radical (unpaired) electrons. The predicted octanol–water partition coefficient (Wildman–Crippen LogP) is 3.95. The van der Waals surface area contributed by atoms with E-state index in [2.05, 4.69) is 21.4 Å². The van der Waals surface area contributed by atoms with Crippen LogP contribution in [0.4, 0.5) is 10.1 Å². The van der Waals surface area contributed by atoms with Crippen molar-refractivity contribution in [2.45, 2.75) is 26.2 Å². The molecule has 1 aliphatic rings. The van der Waals surface area contributed by atoms with Gasteiger partial charge in [0.1, 0.15) is 11.6 Å². The first-order valence-electron chi connectivity index (χ1n) is 9.89. The molecule has 1 aromatic heterocycles. The van der Waals surface area contributed by atoms with E-state index < -0.39 is 17.6 Å². The molecule has 0 bridgehead atoms. The number of aryl methyl sites for hydroxylation is 1. The van der Waals surface area contributed by atoms with Crippen molar-refractivity contribution in [2.75, 3.05) is 5.43 Å². The third kappa shape index (κ3) is 4.48. The van der Waals surface area contributed by atoms with Crippen LogP contribution in [0, 0.1) is 12.7 Å². The molecule has 1 heterocycles. The van der Waals surface area contributed by atoms with Gasteiger partial charge in [-0.3, -0.25) is 25.9 Å². The highest BCUT2D eigenvalue weighted by atomic mass is 19.1. The topological polar surface area (TPSA) is 95.7 Å². The number of rotatable bonds is 4. The zero-order valence-corrected chi connectivity index (χ0v) is 16.9. The Morgan fingerprint density at radius 3 is 2.42 bits per heavy atom. The minimum Gasteiger partial charge on any atom is -0.455 e. The van der Waals surface area contributed by atoms with Gasteiger partial charge in [0.15, 0.2) is 5.76 Å². The SMILES string of the molecule is Cc1c(C(=O)NNC(=O)c2ccc(F)cc2)oc2c1/C(=N/Nc1ccccc1)CCC2. The van der Waals surface area contributed by atoms with Gasteiger partial charge in [0.05, 0.1) is 11.4 Å². The lowest BCUT2D eigenvalue weighted by Crippen LogP contribution is -2.41. The maximum Gasteiger partial charge on any atom is 0.305 e. The molecule has 0 spiro atoms. The summed E-state index contributed by atoms with van der Waals surface area (Å²) in [6.45, 7) is 1.79. The fourth-order valence-corrected chi connectivity index (χ4v) is 3.49. The van der Waals surface area contributed by atoms with Crippen molar-refractivity contribution < 1.29 is 18.4 Å². The fourth-order valence-electron chi connectivity index (χ4n) is 3.49. The molecule has 0 atom stereocenters. The monoisotopic (exact) mass is 420 g/mol. The van der Waals surface area contributed by atoms with Crippen molar-refractivity contribution >= 4 is 23.2 Å². The number of nitrogens with one attached hydrogen (secondary N) is 3. The molecule has 0 unspecified atom stereocenters. The first-order chi connectivity index (χ1) is 15.0. The minimum absolute atomic E-state index is 0.124. The van der Waals surface area contributed by atoms with Gasteiger partial charge in [-0.25, -0.2) is 4.39 Å². The Morgan fingerprint density at radius 2 is 1.68 bits per heavy atom. The second-order valence-corrected chi connectivity index (χ2v) is 7.16. The smallest absolute Gasteiger partial charge is 0.305 e. The van der Waals surface area contributed by atoms with Crippen LogP contribution >= 0.6 is 0 Å². The van der Waals surface area contributed by atoms with Crippen LogP contribution in [0.3, 0.4) is 0 Å². The van der Waals surface area contributed by atoms with E-state index in [1.54, 1.807) is 6.92 Å². The molecule has 158 valence electrons. The van der Waals surface area contributed by atoms with Gasteiger partial charge in [0, 0.05) is 23.1 Å². The summed E-state index contributed by atoms with van der Waals surface area (Å²) in [5, 5.41) is 4.52. The van der Waals surface area contributed by atoms with Crippen LogP contribution in [-0.4, -0.2) is 17.5 Å². The van der Waals surface area contributed by atoms with E-state index >= 15 is 0 Å². The third-order valence-corrected chi connectivity index (χ3v) is 5.02. The van der Waals surface area contributed by atoms with Crippen LogP contribution in [-0.2, 0) is 6.42 Å². The highest BCUT2D eigenvalue weighted by Gasteiger charge is 2.28. The number of hydrogen-bond donors (Lipinski definition) is 3. The molecule has 4 rings (SSSR count). The largest absolute Gasteiger partial charge is 0.455 e. The van der Waals surface area contributed by atoms with E-state index in [4.69, 9.17) is 4.42 Å². The number of fused-ring (bicyclic) bond motifs is 1. The summed E-state index contributed by atoms with van der Waals surface area (Å²) in [7, 11) is 0. The van der Waals surface area contributed by atoms with Crippen molar-refractivity contribution in [1.29, 1.82) is 0 Å². The van der Waals surface area contributed by atoms with Gasteiger partial charge in [-0.15, -0.1) is 0 Å². The standard InChI is InChI=1S/C23H21FN4O3/c1-14-20-18(26-25-17-6-3-2-4-7-17)8-5-9-19(20)31-21(14)23(30)28-27-22(29)15-10-12-16(24)13-11-15/h2-4,6-7,10-13,25H,5,8-9H2,1H3,(H,27,29)(H,28,30)/b26-18+. The molecule has 0 saturated carbocycles. The van der Waals surface area contributed by atoms with Crippen molar-refractivity contribution in [3.63, 3.8) is 0 Å². The Labute approximate surface area is 178 Å². The quantitative estimate of drug-likeness (QED) is 0.557. The number of furan rings is 1. The first kappa shape index (κ1) is 20.3. The van der Waals surface area contributed by atoms with Gasteiger partial charge in [-0.05, 0) is 56.2 Å². The Bertz CT molecular complexity index is 1140. The second-order valence-electron chi connectivity index (χ2n) is 7.16. The molecule has 0 fully saturated rings. The number of hydrogen-bond acceptors (Lipinski definition) is 5. The summed E-state index contributed by atoms with van der Waals surface area (Å²) < 4.78 is 18.8. The molecule has 7 nitrogen and oxygen atoms in total. The lowest BCUT2D eigenvalue weighted by Gasteiger charge is -2.13. The second kappa shape index (κ2) is 8.83. The number of hydrazine groups is 1. The zero-order valence-electron chi connectivity index (χ0n) is 16.9. The molecular formula is C23H21FN4O3. The summed E-state index contributed by atoms with van der Waals surface area (Å²) in [5.41, 5.74) is 11.1. The van der Waals surface area contributed by atoms with Crippen LogP contribution < -0.4 is 16.3 Å². The lowest BCUT2D eigenvalue weighted by molar-refractivity contribution is 0.0829. The average Bonchev–Trinajstić information content (AvgIpc) is 3.14. The first-order valence-corrected chi connectivity index (χ1v) is 9.89. The van der Waals surface area contributed by atoms with Gasteiger partial charge < -0.3 is 4.42 Å². The molecule has 2 aromatic carbocycles. The fraction of sp³-hybridized carbons (Fsp3) is 0.174. The van der Waals surface area contributed by atoms with Gasteiger partial charge in [0.2, 0.25) is 0 Å². The average molecular weight is 420 g/mol. The normalized spacial score (nSPS) is 14.1. The molecule has 0 saturated heterocycles. The molecule has 31 heavy (non-hydrogen) atoms. The number of nitrogens with zero attached hydrogens (tertiary/aromatic N) is 1. The van der Waals surface area contributed by atoms with Gasteiger partial charge in [-0.1, -0.05) is 18.2 Å². The number of amides is 2. The van der Waals surface area contributed by atoms with Gasteiger partial charge >= 0.3 is 5.91 Å². The van der Waals surface area contributed by atoms with Gasteiger partial charge in [-0.2, -0.15) is 5.10 Å².